The maximum absolute atomic E-state index is 12.4. The fourth-order valence-corrected chi connectivity index (χ4v) is 2.54. The van der Waals surface area contributed by atoms with Gasteiger partial charge >= 0.3 is 0 Å². The van der Waals surface area contributed by atoms with Gasteiger partial charge in [0, 0.05) is 20.6 Å². The van der Waals surface area contributed by atoms with E-state index in [1.165, 1.54) is 18.1 Å². The Hall–Kier alpha value is -2.58. The minimum absolute atomic E-state index is 0.0919. The Bertz CT molecular complexity index is 638. The third-order valence-corrected chi connectivity index (χ3v) is 3.72. The van der Waals surface area contributed by atoms with Crippen molar-refractivity contribution in [1.29, 1.82) is 0 Å². The summed E-state index contributed by atoms with van der Waals surface area (Å²) < 4.78 is 9.84. The van der Waals surface area contributed by atoms with Gasteiger partial charge in [0.05, 0.1) is 25.6 Å². The van der Waals surface area contributed by atoms with E-state index < -0.39 is 0 Å². The van der Waals surface area contributed by atoms with Crippen LogP contribution in [0.5, 0.6) is 5.88 Å². The summed E-state index contributed by atoms with van der Waals surface area (Å²) in [7, 11) is 4.74. The minimum atomic E-state index is -0.314. The number of amides is 2. The fourth-order valence-electron chi connectivity index (χ4n) is 2.54. The number of nitrogens with zero attached hydrogens (tertiary/aromatic N) is 4. The van der Waals surface area contributed by atoms with Gasteiger partial charge in [-0.25, -0.2) is 0 Å². The molecule has 1 saturated heterocycles. The summed E-state index contributed by atoms with van der Waals surface area (Å²) in [5.74, 6) is -0.407. The molecule has 118 valence electrons. The van der Waals surface area contributed by atoms with Crippen molar-refractivity contribution in [3.05, 3.63) is 11.8 Å². The monoisotopic (exact) mass is 308 g/mol. The van der Waals surface area contributed by atoms with E-state index in [1.807, 2.05) is 0 Å². The fraction of sp³-hybridized carbons (Fsp3) is 0.538. The topological polar surface area (TPSA) is 97.5 Å². The average molecular weight is 308 g/mol. The number of rotatable bonds is 3. The quantitative estimate of drug-likeness (QED) is 0.753. The zero-order chi connectivity index (χ0) is 15.9. The molecule has 1 fully saturated rings. The van der Waals surface area contributed by atoms with E-state index in [9.17, 15) is 9.59 Å². The van der Waals surface area contributed by atoms with Crippen LogP contribution in [-0.4, -0.2) is 72.9 Å². The molecule has 0 saturated carbocycles. The molecule has 1 aromatic rings. The predicted molar refractivity (Wildman–Crippen MR) is 73.5 cm³/mol. The number of ether oxygens (including phenoxy) is 1. The van der Waals surface area contributed by atoms with E-state index in [0.717, 1.165) is 0 Å². The predicted octanol–water partition coefficient (Wildman–Crippen LogP) is -0.402. The van der Waals surface area contributed by atoms with Gasteiger partial charge in [0.25, 0.3) is 17.7 Å². The van der Waals surface area contributed by atoms with Crippen molar-refractivity contribution in [2.45, 2.75) is 6.10 Å². The lowest BCUT2D eigenvalue weighted by atomic mass is 10.00. The first-order valence-electron chi connectivity index (χ1n) is 6.76. The molecule has 2 aliphatic heterocycles. The smallest absolute Gasteiger partial charge is 0.292 e. The first-order chi connectivity index (χ1) is 10.5. The number of methoxy groups -OCH3 is 1. The normalized spacial score (nSPS) is 22.9. The zero-order valence-electron chi connectivity index (χ0n) is 12.5. The Morgan fingerprint density at radius 1 is 1.41 bits per heavy atom. The highest BCUT2D eigenvalue weighted by Crippen LogP contribution is 2.29. The summed E-state index contributed by atoms with van der Waals surface area (Å²) in [6.45, 7) is 0.700. The van der Waals surface area contributed by atoms with Crippen molar-refractivity contribution in [2.24, 2.45) is 11.1 Å². The molecule has 0 spiro atoms. The standard InChI is InChI=1S/C13H16N4O5/c1-16(2)13(19)11-7-5-17(6-9(7)22-15-11)12(18)8-4-10(20-3)14-21-8/h4,7,9H,5-6H2,1-3H3/t7-,9+/m0/s1. The van der Waals surface area contributed by atoms with Gasteiger partial charge in [-0.2, -0.15) is 0 Å². The van der Waals surface area contributed by atoms with E-state index in [4.69, 9.17) is 14.1 Å². The molecule has 0 bridgehead atoms. The second kappa shape index (κ2) is 5.32. The van der Waals surface area contributed by atoms with Crippen LogP contribution in [0.15, 0.2) is 15.7 Å². The van der Waals surface area contributed by atoms with Crippen LogP contribution < -0.4 is 4.74 Å². The van der Waals surface area contributed by atoms with E-state index >= 15 is 0 Å². The second-order valence-electron chi connectivity index (χ2n) is 5.37. The van der Waals surface area contributed by atoms with Gasteiger partial charge in [0.2, 0.25) is 5.76 Å². The third kappa shape index (κ3) is 2.28. The summed E-state index contributed by atoms with van der Waals surface area (Å²) in [4.78, 5) is 32.7. The maximum Gasteiger partial charge on any atom is 0.292 e. The van der Waals surface area contributed by atoms with Gasteiger partial charge in [-0.15, -0.1) is 0 Å². The van der Waals surface area contributed by atoms with Crippen LogP contribution in [0.3, 0.4) is 0 Å². The molecule has 1 aromatic heterocycles. The molecule has 2 atom stereocenters. The van der Waals surface area contributed by atoms with Gasteiger partial charge in [-0.1, -0.05) is 5.16 Å². The molecule has 0 aromatic carbocycles. The molecule has 0 aliphatic carbocycles. The zero-order valence-corrected chi connectivity index (χ0v) is 12.5. The van der Waals surface area contributed by atoms with Crippen LogP contribution >= 0.6 is 0 Å². The first-order valence-corrected chi connectivity index (χ1v) is 6.76. The summed E-state index contributed by atoms with van der Waals surface area (Å²) in [6.07, 6.45) is -0.298. The van der Waals surface area contributed by atoms with Crippen LogP contribution in [0.1, 0.15) is 10.6 Å². The highest BCUT2D eigenvalue weighted by atomic mass is 16.6. The van der Waals surface area contributed by atoms with Gasteiger partial charge in [0.1, 0.15) is 0 Å². The van der Waals surface area contributed by atoms with E-state index in [0.29, 0.717) is 18.8 Å². The molecule has 3 heterocycles. The highest BCUT2D eigenvalue weighted by Gasteiger charge is 2.47. The number of likely N-dealkylation sites (tertiary alicyclic amines) is 1. The Kier molecular flexibility index (Phi) is 3.47. The Morgan fingerprint density at radius 2 is 2.18 bits per heavy atom. The lowest BCUT2D eigenvalue weighted by molar-refractivity contribution is -0.122. The molecule has 0 N–H and O–H groups in total. The summed E-state index contributed by atoms with van der Waals surface area (Å²) >= 11 is 0. The third-order valence-electron chi connectivity index (χ3n) is 3.72. The number of oxime groups is 1. The number of carbonyl (C=O) groups excluding carboxylic acids is 2. The number of hydrogen-bond acceptors (Lipinski definition) is 7. The van der Waals surface area contributed by atoms with Gasteiger partial charge in [0.15, 0.2) is 11.8 Å². The molecular weight excluding hydrogens is 292 g/mol. The van der Waals surface area contributed by atoms with Crippen LogP contribution in [0.2, 0.25) is 0 Å². The maximum atomic E-state index is 12.4. The first kappa shape index (κ1) is 14.4. The lowest BCUT2D eigenvalue weighted by Crippen LogP contribution is -2.36. The van der Waals surface area contributed by atoms with Crippen molar-refractivity contribution in [1.82, 2.24) is 15.0 Å². The molecule has 2 amide bonds. The van der Waals surface area contributed by atoms with Crippen molar-refractivity contribution in [3.63, 3.8) is 0 Å². The van der Waals surface area contributed by atoms with E-state index in [2.05, 4.69) is 10.3 Å². The van der Waals surface area contributed by atoms with Crippen LogP contribution in [0, 0.1) is 5.92 Å². The summed E-state index contributed by atoms with van der Waals surface area (Å²) in [5, 5.41) is 7.46. The Labute approximate surface area is 126 Å². The number of aromatic nitrogens is 1. The molecule has 9 nitrogen and oxygen atoms in total. The molecule has 3 rings (SSSR count). The Balaban J connectivity index is 1.71. The lowest BCUT2D eigenvalue weighted by Gasteiger charge is -2.15. The second-order valence-corrected chi connectivity index (χ2v) is 5.37. The minimum Gasteiger partial charge on any atom is -0.479 e. The summed E-state index contributed by atoms with van der Waals surface area (Å²) in [6, 6.07) is 1.43. The van der Waals surface area contributed by atoms with E-state index in [1.54, 1.807) is 19.0 Å². The highest BCUT2D eigenvalue weighted by molar-refractivity contribution is 6.40. The summed E-state index contributed by atoms with van der Waals surface area (Å²) in [5.41, 5.74) is 0.348. The molecular formula is C13H16N4O5. The van der Waals surface area contributed by atoms with Crippen molar-refractivity contribution in [2.75, 3.05) is 34.3 Å². The molecule has 2 aliphatic rings. The number of fused-ring (bicyclic) bond motifs is 1. The Morgan fingerprint density at radius 3 is 2.82 bits per heavy atom. The van der Waals surface area contributed by atoms with Crippen molar-refractivity contribution in [3.8, 4) is 5.88 Å². The number of hydrogen-bond donors (Lipinski definition) is 0. The van der Waals surface area contributed by atoms with Crippen molar-refractivity contribution >= 4 is 17.5 Å². The largest absolute Gasteiger partial charge is 0.479 e. The average Bonchev–Trinajstić information content (AvgIpc) is 3.20. The molecule has 9 heteroatoms. The van der Waals surface area contributed by atoms with Gasteiger partial charge < -0.3 is 23.9 Å². The van der Waals surface area contributed by atoms with Crippen LogP contribution in [0.25, 0.3) is 0 Å². The molecule has 22 heavy (non-hydrogen) atoms. The van der Waals surface area contributed by atoms with Gasteiger partial charge in [-0.3, -0.25) is 9.59 Å². The molecule has 0 radical (unpaired) electrons. The van der Waals surface area contributed by atoms with Gasteiger partial charge in [-0.05, 0) is 5.16 Å². The van der Waals surface area contributed by atoms with Crippen LogP contribution in [0.4, 0.5) is 0 Å². The van der Waals surface area contributed by atoms with Crippen LogP contribution in [-0.2, 0) is 9.63 Å². The van der Waals surface area contributed by atoms with E-state index in [-0.39, 0.29) is 35.5 Å². The number of carbonyl (C=O) groups is 2. The molecule has 0 unspecified atom stereocenters. The SMILES string of the molecule is COc1cc(C(=O)N2C[C@@H]3C(C(=O)N(C)C)=NO[C@@H]3C2)on1. The van der Waals surface area contributed by atoms with Crippen molar-refractivity contribution < 1.29 is 23.7 Å².